The zero-order valence-corrected chi connectivity index (χ0v) is 18.2. The van der Waals surface area contributed by atoms with Gasteiger partial charge in [0, 0.05) is 31.6 Å². The standard InChI is InChI=1S/C24H27NO7/c1-3-4-22(27)32-21-12-25-11-15-8-18-19(30-13-29-18)10-17(15)24(21)6-5-16(9-20(24)25)31-23(28)7-14(2)26/h3-6,8,10,14,16,20-21,26H,7,9,11-13H2,1-2H3/t14-,16-,20-,21-,24-/m0/s1. The maximum absolute atomic E-state index is 12.4. The van der Waals surface area contributed by atoms with Crippen LogP contribution >= 0.6 is 0 Å². The Morgan fingerprint density at radius 3 is 2.84 bits per heavy atom. The van der Waals surface area contributed by atoms with Crippen molar-refractivity contribution in [2.45, 2.75) is 63.0 Å². The molecule has 1 N–H and O–H groups in total. The maximum Gasteiger partial charge on any atom is 0.330 e. The van der Waals surface area contributed by atoms with Crippen LogP contribution in [0.15, 0.2) is 36.4 Å². The molecule has 2 bridgehead atoms. The molecule has 6 atom stereocenters. The third-order valence-electron chi connectivity index (χ3n) is 6.71. The maximum atomic E-state index is 12.4. The van der Waals surface area contributed by atoms with Gasteiger partial charge < -0.3 is 24.1 Å². The fourth-order valence-electron chi connectivity index (χ4n) is 5.49. The number of carbonyl (C=O) groups is 2. The van der Waals surface area contributed by atoms with Crippen molar-refractivity contribution in [1.82, 2.24) is 4.90 Å². The summed E-state index contributed by atoms with van der Waals surface area (Å²) in [5.41, 5.74) is 1.60. The number of esters is 2. The Morgan fingerprint density at radius 1 is 1.31 bits per heavy atom. The van der Waals surface area contributed by atoms with Crippen LogP contribution in [0.4, 0.5) is 0 Å². The van der Waals surface area contributed by atoms with Gasteiger partial charge in [0.15, 0.2) is 11.5 Å². The van der Waals surface area contributed by atoms with Gasteiger partial charge in [-0.25, -0.2) is 4.79 Å². The quantitative estimate of drug-likeness (QED) is 0.421. The lowest BCUT2D eigenvalue weighted by Crippen LogP contribution is -2.53. The number of nitrogens with zero attached hydrogens (tertiary/aromatic N) is 1. The van der Waals surface area contributed by atoms with Gasteiger partial charge in [-0.2, -0.15) is 0 Å². The van der Waals surface area contributed by atoms with Gasteiger partial charge in [0.25, 0.3) is 0 Å². The van der Waals surface area contributed by atoms with Gasteiger partial charge in [0.05, 0.1) is 17.9 Å². The second-order valence-electron chi connectivity index (χ2n) is 8.84. The highest BCUT2D eigenvalue weighted by Gasteiger charge is 2.60. The Morgan fingerprint density at radius 2 is 2.09 bits per heavy atom. The number of aliphatic hydroxyl groups excluding tert-OH is 1. The first-order valence-electron chi connectivity index (χ1n) is 11.0. The zero-order chi connectivity index (χ0) is 22.5. The van der Waals surface area contributed by atoms with E-state index in [0.717, 1.165) is 16.9 Å². The van der Waals surface area contributed by atoms with Gasteiger partial charge in [-0.3, -0.25) is 9.69 Å². The van der Waals surface area contributed by atoms with Gasteiger partial charge in [-0.15, -0.1) is 0 Å². The van der Waals surface area contributed by atoms with Gasteiger partial charge in [0.1, 0.15) is 12.2 Å². The molecule has 1 aromatic carbocycles. The number of fused-ring (bicyclic) bond motifs is 2. The molecule has 4 aliphatic rings. The Labute approximate surface area is 186 Å². The normalized spacial score (nSPS) is 32.3. The number of ether oxygens (including phenoxy) is 4. The molecule has 1 fully saturated rings. The molecular formula is C24H27NO7. The summed E-state index contributed by atoms with van der Waals surface area (Å²) in [7, 11) is 0. The molecule has 0 saturated carbocycles. The summed E-state index contributed by atoms with van der Waals surface area (Å²) < 4.78 is 22.8. The highest BCUT2D eigenvalue weighted by molar-refractivity contribution is 5.82. The molecule has 0 aromatic heterocycles. The van der Waals surface area contributed by atoms with Crippen LogP contribution < -0.4 is 9.47 Å². The van der Waals surface area contributed by atoms with Crippen LogP contribution in [0.3, 0.4) is 0 Å². The van der Waals surface area contributed by atoms with Crippen molar-refractivity contribution in [3.63, 3.8) is 0 Å². The second kappa shape index (κ2) is 7.94. The SMILES string of the molecule is CC=CC(=O)O[C@H]1CN2Cc3cc4c(cc3[C@]13C=C[C@H](OC(=O)C[C@H](C)O)C[C@H]23)OCO4. The average Bonchev–Trinajstić information content (AvgIpc) is 3.27. The zero-order valence-electron chi connectivity index (χ0n) is 18.2. The number of carbonyl (C=O) groups excluding carboxylic acids is 2. The minimum Gasteiger partial charge on any atom is -0.458 e. The van der Waals surface area contributed by atoms with E-state index in [9.17, 15) is 14.7 Å². The van der Waals surface area contributed by atoms with Crippen molar-refractivity contribution in [1.29, 1.82) is 0 Å². The predicted molar refractivity (Wildman–Crippen MR) is 113 cm³/mol. The van der Waals surface area contributed by atoms with Crippen molar-refractivity contribution < 1.29 is 33.6 Å². The number of allylic oxidation sites excluding steroid dienone is 1. The summed E-state index contributed by atoms with van der Waals surface area (Å²) in [4.78, 5) is 26.8. The largest absolute Gasteiger partial charge is 0.458 e. The molecule has 0 amide bonds. The minimum atomic E-state index is -0.748. The molecule has 1 aromatic rings. The lowest BCUT2D eigenvalue weighted by atomic mass is 9.65. The molecule has 170 valence electrons. The Hall–Kier alpha value is -2.84. The summed E-state index contributed by atoms with van der Waals surface area (Å²) in [5.74, 6) is 0.616. The summed E-state index contributed by atoms with van der Waals surface area (Å²) in [6.07, 6.45) is 6.02. The molecule has 0 spiro atoms. The molecule has 1 saturated heterocycles. The predicted octanol–water partition coefficient (Wildman–Crippen LogP) is 1.98. The van der Waals surface area contributed by atoms with Crippen LogP contribution in [0, 0.1) is 0 Å². The lowest BCUT2D eigenvalue weighted by Gasteiger charge is -2.46. The topological polar surface area (TPSA) is 94.5 Å². The molecule has 32 heavy (non-hydrogen) atoms. The van der Waals surface area contributed by atoms with Crippen LogP contribution in [0.1, 0.15) is 37.8 Å². The molecule has 3 aliphatic heterocycles. The monoisotopic (exact) mass is 441 g/mol. The first-order chi connectivity index (χ1) is 15.4. The van der Waals surface area contributed by atoms with Crippen molar-refractivity contribution in [2.24, 2.45) is 0 Å². The molecule has 3 heterocycles. The number of aliphatic hydroxyl groups is 1. The van der Waals surface area contributed by atoms with E-state index in [0.29, 0.717) is 25.3 Å². The smallest absolute Gasteiger partial charge is 0.330 e. The van der Waals surface area contributed by atoms with Crippen LogP contribution in [-0.4, -0.2) is 59.6 Å². The fraction of sp³-hybridized carbons (Fsp3) is 0.500. The summed E-state index contributed by atoms with van der Waals surface area (Å²) in [6.45, 7) is 4.79. The molecule has 0 radical (unpaired) electrons. The van der Waals surface area contributed by atoms with Gasteiger partial charge in [-0.05, 0) is 43.2 Å². The first kappa shape index (κ1) is 21.0. The molecule has 8 heteroatoms. The first-order valence-corrected chi connectivity index (χ1v) is 11.0. The van der Waals surface area contributed by atoms with Crippen molar-refractivity contribution in [3.8, 4) is 11.5 Å². The summed E-state index contributed by atoms with van der Waals surface area (Å²) in [6, 6.07) is 4.02. The summed E-state index contributed by atoms with van der Waals surface area (Å²) >= 11 is 0. The average molecular weight is 441 g/mol. The van der Waals surface area contributed by atoms with Crippen LogP contribution in [-0.2, 0) is 31.0 Å². The van der Waals surface area contributed by atoms with Crippen LogP contribution in [0.2, 0.25) is 0 Å². The highest BCUT2D eigenvalue weighted by Crippen LogP contribution is 2.54. The number of rotatable bonds is 5. The Kier molecular flexibility index (Phi) is 5.22. The van der Waals surface area contributed by atoms with E-state index in [1.54, 1.807) is 19.9 Å². The van der Waals surface area contributed by atoms with Crippen molar-refractivity contribution >= 4 is 11.9 Å². The molecule has 1 unspecified atom stereocenters. The minimum absolute atomic E-state index is 0.00636. The van der Waals surface area contributed by atoms with Gasteiger partial charge in [0.2, 0.25) is 6.79 Å². The molecular weight excluding hydrogens is 414 g/mol. The Balaban J connectivity index is 1.52. The number of benzene rings is 1. The molecule has 8 nitrogen and oxygen atoms in total. The number of hydrogen-bond acceptors (Lipinski definition) is 8. The van der Waals surface area contributed by atoms with Gasteiger partial charge >= 0.3 is 11.9 Å². The number of hydrogen-bond donors (Lipinski definition) is 1. The van der Waals surface area contributed by atoms with Crippen LogP contribution in [0.25, 0.3) is 0 Å². The third kappa shape index (κ3) is 3.38. The van der Waals surface area contributed by atoms with Gasteiger partial charge in [-0.1, -0.05) is 12.2 Å². The van der Waals surface area contributed by atoms with E-state index >= 15 is 0 Å². The molecule has 5 rings (SSSR count). The van der Waals surface area contributed by atoms with E-state index in [1.807, 2.05) is 24.3 Å². The second-order valence-corrected chi connectivity index (χ2v) is 8.84. The van der Waals surface area contributed by atoms with Crippen molar-refractivity contribution in [3.05, 3.63) is 47.6 Å². The third-order valence-corrected chi connectivity index (χ3v) is 6.71. The van der Waals surface area contributed by atoms with E-state index in [2.05, 4.69) is 4.90 Å². The summed E-state index contributed by atoms with van der Waals surface area (Å²) in [5, 5.41) is 9.48. The lowest BCUT2D eigenvalue weighted by molar-refractivity contribution is -0.150. The molecule has 1 aliphatic carbocycles. The Bertz CT molecular complexity index is 1000. The highest BCUT2D eigenvalue weighted by atomic mass is 16.7. The van der Waals surface area contributed by atoms with E-state index in [4.69, 9.17) is 18.9 Å². The fourth-order valence-corrected chi connectivity index (χ4v) is 5.49. The van der Waals surface area contributed by atoms with Crippen molar-refractivity contribution in [2.75, 3.05) is 13.3 Å². The van der Waals surface area contributed by atoms with E-state index in [1.165, 1.54) is 6.08 Å². The van der Waals surface area contributed by atoms with E-state index < -0.39 is 23.6 Å². The van der Waals surface area contributed by atoms with E-state index in [-0.39, 0.29) is 31.3 Å². The van der Waals surface area contributed by atoms with Crippen LogP contribution in [0.5, 0.6) is 11.5 Å².